The summed E-state index contributed by atoms with van der Waals surface area (Å²) >= 11 is 5.80. The first-order chi connectivity index (χ1) is 8.13. The lowest BCUT2D eigenvalue weighted by Gasteiger charge is -2.14. The summed E-state index contributed by atoms with van der Waals surface area (Å²) in [5.74, 6) is -0.0331. The van der Waals surface area contributed by atoms with Gasteiger partial charge in [-0.05, 0) is 24.6 Å². The zero-order valence-electron chi connectivity index (χ0n) is 9.87. The standard InChI is InChI=1S/C13H17ClN2O/c1-3-8-15-9-13(17)16-10(2)11-4-6-12(14)7-5-11/h3-7,10,15H,1,8-9H2,2H3,(H,16,17)/t10-/m0/s1. The maximum atomic E-state index is 11.5. The number of rotatable bonds is 6. The second kappa shape index (κ2) is 7.09. The number of carbonyl (C=O) groups is 1. The van der Waals surface area contributed by atoms with Crippen LogP contribution in [0.25, 0.3) is 0 Å². The molecule has 1 aromatic carbocycles. The van der Waals surface area contributed by atoms with Gasteiger partial charge >= 0.3 is 0 Å². The zero-order valence-corrected chi connectivity index (χ0v) is 10.6. The molecular weight excluding hydrogens is 236 g/mol. The van der Waals surface area contributed by atoms with Gasteiger partial charge in [0.15, 0.2) is 0 Å². The second-order valence-corrected chi connectivity index (χ2v) is 4.20. The topological polar surface area (TPSA) is 41.1 Å². The molecule has 0 unspecified atom stereocenters. The highest BCUT2D eigenvalue weighted by Gasteiger charge is 2.08. The van der Waals surface area contributed by atoms with E-state index >= 15 is 0 Å². The lowest BCUT2D eigenvalue weighted by Crippen LogP contribution is -2.35. The van der Waals surface area contributed by atoms with Crippen LogP contribution in [0.3, 0.4) is 0 Å². The van der Waals surface area contributed by atoms with Gasteiger partial charge < -0.3 is 10.6 Å². The monoisotopic (exact) mass is 252 g/mol. The summed E-state index contributed by atoms with van der Waals surface area (Å²) in [5, 5.41) is 6.54. The van der Waals surface area contributed by atoms with E-state index in [0.717, 1.165) is 5.56 Å². The average Bonchev–Trinajstić information content (AvgIpc) is 2.30. The van der Waals surface area contributed by atoms with Crippen LogP contribution in [0, 0.1) is 0 Å². The summed E-state index contributed by atoms with van der Waals surface area (Å²) in [4.78, 5) is 11.5. The molecular formula is C13H17ClN2O. The minimum Gasteiger partial charge on any atom is -0.348 e. The first-order valence-corrected chi connectivity index (χ1v) is 5.87. The molecule has 1 rings (SSSR count). The van der Waals surface area contributed by atoms with Crippen LogP contribution in [0.2, 0.25) is 5.02 Å². The first-order valence-electron chi connectivity index (χ1n) is 5.50. The van der Waals surface area contributed by atoms with Crippen molar-refractivity contribution >= 4 is 17.5 Å². The Labute approximate surface area is 107 Å². The molecule has 0 aliphatic carbocycles. The molecule has 1 aromatic rings. The van der Waals surface area contributed by atoms with Crippen molar-refractivity contribution in [3.05, 3.63) is 47.5 Å². The molecule has 4 heteroatoms. The molecule has 0 saturated carbocycles. The maximum Gasteiger partial charge on any atom is 0.234 e. The quantitative estimate of drug-likeness (QED) is 0.603. The van der Waals surface area contributed by atoms with Gasteiger partial charge in [-0.3, -0.25) is 4.79 Å². The Bertz CT molecular complexity index is 376. The minimum atomic E-state index is -0.0331. The number of amides is 1. The van der Waals surface area contributed by atoms with E-state index in [4.69, 9.17) is 11.6 Å². The van der Waals surface area contributed by atoms with E-state index in [9.17, 15) is 4.79 Å². The first kappa shape index (κ1) is 13.7. The van der Waals surface area contributed by atoms with E-state index in [2.05, 4.69) is 17.2 Å². The molecule has 0 saturated heterocycles. The minimum absolute atomic E-state index is 0.0229. The van der Waals surface area contributed by atoms with Crippen molar-refractivity contribution < 1.29 is 4.79 Å². The Morgan fingerprint density at radius 2 is 2.12 bits per heavy atom. The van der Waals surface area contributed by atoms with Crippen molar-refractivity contribution in [1.29, 1.82) is 0 Å². The van der Waals surface area contributed by atoms with E-state index in [0.29, 0.717) is 18.1 Å². The van der Waals surface area contributed by atoms with Crippen molar-refractivity contribution in [2.45, 2.75) is 13.0 Å². The number of carbonyl (C=O) groups excluding carboxylic acids is 1. The van der Waals surface area contributed by atoms with Gasteiger partial charge in [0.1, 0.15) is 0 Å². The highest BCUT2D eigenvalue weighted by Crippen LogP contribution is 2.15. The van der Waals surface area contributed by atoms with E-state index in [1.165, 1.54) is 0 Å². The molecule has 0 aliphatic rings. The molecule has 92 valence electrons. The fourth-order valence-corrected chi connectivity index (χ4v) is 1.54. The van der Waals surface area contributed by atoms with Crippen molar-refractivity contribution in [1.82, 2.24) is 10.6 Å². The predicted molar refractivity (Wildman–Crippen MR) is 71.1 cm³/mol. The molecule has 3 nitrogen and oxygen atoms in total. The van der Waals surface area contributed by atoms with Crippen molar-refractivity contribution in [3.8, 4) is 0 Å². The highest BCUT2D eigenvalue weighted by molar-refractivity contribution is 6.30. The fraction of sp³-hybridized carbons (Fsp3) is 0.308. The third-order valence-electron chi connectivity index (χ3n) is 2.32. The SMILES string of the molecule is C=CCNCC(=O)N[C@@H](C)c1ccc(Cl)cc1. The predicted octanol–water partition coefficient (Wildman–Crippen LogP) is 2.29. The van der Waals surface area contributed by atoms with Crippen LogP contribution in [0.5, 0.6) is 0 Å². The maximum absolute atomic E-state index is 11.5. The van der Waals surface area contributed by atoms with Crippen LogP contribution >= 0.6 is 11.6 Å². The molecule has 0 bridgehead atoms. The third kappa shape index (κ3) is 5.02. The Hall–Kier alpha value is -1.32. The molecule has 2 N–H and O–H groups in total. The van der Waals surface area contributed by atoms with Gasteiger partial charge in [0.05, 0.1) is 12.6 Å². The van der Waals surface area contributed by atoms with Crippen molar-refractivity contribution in [3.63, 3.8) is 0 Å². The van der Waals surface area contributed by atoms with Gasteiger partial charge in [-0.25, -0.2) is 0 Å². The molecule has 0 aliphatic heterocycles. The summed E-state index contributed by atoms with van der Waals surface area (Å²) in [5.41, 5.74) is 1.03. The number of benzene rings is 1. The Balaban J connectivity index is 2.42. The van der Waals surface area contributed by atoms with E-state index < -0.39 is 0 Å². The van der Waals surface area contributed by atoms with Crippen molar-refractivity contribution in [2.75, 3.05) is 13.1 Å². The van der Waals surface area contributed by atoms with Gasteiger partial charge in [0, 0.05) is 11.6 Å². The van der Waals surface area contributed by atoms with Crippen LogP contribution in [-0.4, -0.2) is 19.0 Å². The van der Waals surface area contributed by atoms with Gasteiger partial charge in [0.25, 0.3) is 0 Å². The summed E-state index contributed by atoms with van der Waals surface area (Å²) in [6.45, 7) is 6.43. The number of nitrogens with one attached hydrogen (secondary N) is 2. The largest absolute Gasteiger partial charge is 0.348 e. The fourth-order valence-electron chi connectivity index (χ4n) is 1.42. The molecule has 1 atom stereocenters. The van der Waals surface area contributed by atoms with Crippen LogP contribution in [-0.2, 0) is 4.79 Å². The van der Waals surface area contributed by atoms with Crippen molar-refractivity contribution in [2.24, 2.45) is 0 Å². The van der Waals surface area contributed by atoms with Gasteiger partial charge in [-0.1, -0.05) is 29.8 Å². The lowest BCUT2D eigenvalue weighted by molar-refractivity contribution is -0.120. The molecule has 0 fully saturated rings. The summed E-state index contributed by atoms with van der Waals surface area (Å²) < 4.78 is 0. The van der Waals surface area contributed by atoms with Crippen LogP contribution < -0.4 is 10.6 Å². The van der Waals surface area contributed by atoms with Gasteiger partial charge in [-0.15, -0.1) is 6.58 Å². The second-order valence-electron chi connectivity index (χ2n) is 3.76. The zero-order chi connectivity index (χ0) is 12.7. The number of halogens is 1. The Morgan fingerprint density at radius 3 is 2.71 bits per heavy atom. The number of hydrogen-bond donors (Lipinski definition) is 2. The Kier molecular flexibility index (Phi) is 5.73. The summed E-state index contributed by atoms with van der Waals surface area (Å²) in [6, 6.07) is 7.42. The lowest BCUT2D eigenvalue weighted by atomic mass is 10.1. The molecule has 1 amide bonds. The van der Waals surface area contributed by atoms with E-state index in [-0.39, 0.29) is 11.9 Å². The summed E-state index contributed by atoms with van der Waals surface area (Å²) in [7, 11) is 0. The molecule has 0 spiro atoms. The van der Waals surface area contributed by atoms with E-state index in [1.54, 1.807) is 6.08 Å². The molecule has 17 heavy (non-hydrogen) atoms. The Morgan fingerprint density at radius 1 is 1.47 bits per heavy atom. The van der Waals surface area contributed by atoms with Crippen LogP contribution in [0.4, 0.5) is 0 Å². The normalized spacial score (nSPS) is 11.9. The van der Waals surface area contributed by atoms with Gasteiger partial charge in [-0.2, -0.15) is 0 Å². The molecule has 0 radical (unpaired) electrons. The molecule has 0 aromatic heterocycles. The average molecular weight is 253 g/mol. The highest BCUT2D eigenvalue weighted by atomic mass is 35.5. The van der Waals surface area contributed by atoms with Crippen LogP contribution in [0.1, 0.15) is 18.5 Å². The smallest absolute Gasteiger partial charge is 0.234 e. The summed E-state index contributed by atoms with van der Waals surface area (Å²) in [6.07, 6.45) is 1.72. The van der Waals surface area contributed by atoms with E-state index in [1.807, 2.05) is 31.2 Å². The third-order valence-corrected chi connectivity index (χ3v) is 2.57. The van der Waals surface area contributed by atoms with Crippen LogP contribution in [0.15, 0.2) is 36.9 Å². The molecule has 0 heterocycles. The number of hydrogen-bond acceptors (Lipinski definition) is 2. The van der Waals surface area contributed by atoms with Gasteiger partial charge in [0.2, 0.25) is 5.91 Å².